The second-order valence-electron chi connectivity index (χ2n) is 4.73. The number of rotatable bonds is 6. The minimum Gasteiger partial charge on any atom is -0.379 e. The molecule has 17 heavy (non-hydrogen) atoms. The average Bonchev–Trinajstić information content (AvgIpc) is 3.12. The third-order valence-electron chi connectivity index (χ3n) is 3.05. The topological polar surface area (TPSA) is 25.4 Å². The van der Waals surface area contributed by atoms with Gasteiger partial charge in [0.1, 0.15) is 5.82 Å². The summed E-state index contributed by atoms with van der Waals surface area (Å²) < 4.78 is 6.68. The summed E-state index contributed by atoms with van der Waals surface area (Å²) in [5.74, 6) is 1.84. The molecule has 0 saturated heterocycles. The van der Waals surface area contributed by atoms with E-state index in [2.05, 4.69) is 45.9 Å². The van der Waals surface area contributed by atoms with Crippen molar-refractivity contribution < 1.29 is 4.74 Å². The standard InChI is InChI=1S/C13H19BrN2O/c1-10-7-13(15-8-12(10)14)16(2)5-6-17-9-11-3-4-11/h7-8,11H,3-6,9H2,1-2H3. The Morgan fingerprint density at radius 3 is 2.94 bits per heavy atom. The zero-order valence-electron chi connectivity index (χ0n) is 10.4. The number of anilines is 1. The molecule has 0 aromatic carbocycles. The van der Waals surface area contributed by atoms with Crippen molar-refractivity contribution in [3.63, 3.8) is 0 Å². The first-order chi connectivity index (χ1) is 8.16. The first kappa shape index (κ1) is 12.8. The Morgan fingerprint density at radius 1 is 1.53 bits per heavy atom. The molecule has 2 rings (SSSR count). The summed E-state index contributed by atoms with van der Waals surface area (Å²) in [6, 6.07) is 2.09. The number of pyridine rings is 1. The van der Waals surface area contributed by atoms with E-state index in [1.807, 2.05) is 6.20 Å². The van der Waals surface area contributed by atoms with Gasteiger partial charge in [-0.05, 0) is 53.2 Å². The molecule has 1 aliphatic carbocycles. The molecule has 0 aliphatic heterocycles. The van der Waals surface area contributed by atoms with Crippen LogP contribution in [-0.4, -0.2) is 31.8 Å². The van der Waals surface area contributed by atoms with E-state index in [4.69, 9.17) is 4.74 Å². The molecule has 0 N–H and O–H groups in total. The van der Waals surface area contributed by atoms with E-state index in [1.54, 1.807) is 0 Å². The van der Waals surface area contributed by atoms with Gasteiger partial charge in [-0.2, -0.15) is 0 Å². The quantitative estimate of drug-likeness (QED) is 0.755. The second kappa shape index (κ2) is 5.83. The van der Waals surface area contributed by atoms with Gasteiger partial charge >= 0.3 is 0 Å². The lowest BCUT2D eigenvalue weighted by atomic mass is 10.3. The van der Waals surface area contributed by atoms with Crippen LogP contribution < -0.4 is 4.90 Å². The molecule has 1 fully saturated rings. The molecule has 1 saturated carbocycles. The summed E-state index contributed by atoms with van der Waals surface area (Å²) in [5.41, 5.74) is 1.21. The Balaban J connectivity index is 1.76. The van der Waals surface area contributed by atoms with E-state index in [0.717, 1.165) is 36.0 Å². The molecule has 3 nitrogen and oxygen atoms in total. The highest BCUT2D eigenvalue weighted by molar-refractivity contribution is 9.10. The van der Waals surface area contributed by atoms with Gasteiger partial charge in [-0.3, -0.25) is 0 Å². The number of hydrogen-bond donors (Lipinski definition) is 0. The van der Waals surface area contributed by atoms with Gasteiger partial charge in [0.15, 0.2) is 0 Å². The number of halogens is 1. The van der Waals surface area contributed by atoms with E-state index in [0.29, 0.717) is 0 Å². The van der Waals surface area contributed by atoms with Crippen molar-refractivity contribution in [2.75, 3.05) is 31.7 Å². The highest BCUT2D eigenvalue weighted by Gasteiger charge is 2.20. The maximum absolute atomic E-state index is 5.62. The number of nitrogens with zero attached hydrogens (tertiary/aromatic N) is 2. The van der Waals surface area contributed by atoms with Crippen LogP contribution in [0.25, 0.3) is 0 Å². The highest BCUT2D eigenvalue weighted by atomic mass is 79.9. The van der Waals surface area contributed by atoms with Gasteiger partial charge in [0.05, 0.1) is 6.61 Å². The molecular weight excluding hydrogens is 280 g/mol. The molecule has 0 atom stereocenters. The number of aromatic nitrogens is 1. The molecule has 1 aromatic rings. The van der Waals surface area contributed by atoms with Crippen LogP contribution in [-0.2, 0) is 4.74 Å². The summed E-state index contributed by atoms with van der Waals surface area (Å²) in [6.07, 6.45) is 4.55. The smallest absolute Gasteiger partial charge is 0.128 e. The first-order valence-electron chi connectivity index (χ1n) is 6.08. The average molecular weight is 299 g/mol. The molecular formula is C13H19BrN2O. The first-order valence-corrected chi connectivity index (χ1v) is 6.87. The molecule has 0 spiro atoms. The van der Waals surface area contributed by atoms with Crippen LogP contribution in [0.4, 0.5) is 5.82 Å². The molecule has 94 valence electrons. The number of ether oxygens (including phenoxy) is 1. The fraction of sp³-hybridized carbons (Fsp3) is 0.615. The maximum Gasteiger partial charge on any atom is 0.128 e. The molecule has 0 bridgehead atoms. The molecule has 1 aliphatic rings. The third-order valence-corrected chi connectivity index (χ3v) is 3.88. The minimum absolute atomic E-state index is 0.782. The molecule has 0 radical (unpaired) electrons. The Kier molecular flexibility index (Phi) is 4.40. The van der Waals surface area contributed by atoms with Crippen molar-refractivity contribution in [2.24, 2.45) is 5.92 Å². The van der Waals surface area contributed by atoms with Crippen molar-refractivity contribution in [3.05, 3.63) is 22.3 Å². The van der Waals surface area contributed by atoms with Crippen LogP contribution in [0.5, 0.6) is 0 Å². The van der Waals surface area contributed by atoms with Crippen molar-refractivity contribution in [2.45, 2.75) is 19.8 Å². The van der Waals surface area contributed by atoms with Crippen LogP contribution in [0, 0.1) is 12.8 Å². The van der Waals surface area contributed by atoms with E-state index >= 15 is 0 Å². The summed E-state index contributed by atoms with van der Waals surface area (Å²) in [6.45, 7) is 4.68. The molecule has 1 aromatic heterocycles. The minimum atomic E-state index is 0.782. The van der Waals surface area contributed by atoms with E-state index in [-0.39, 0.29) is 0 Å². The van der Waals surface area contributed by atoms with E-state index in [9.17, 15) is 0 Å². The van der Waals surface area contributed by atoms with Crippen molar-refractivity contribution in [1.29, 1.82) is 0 Å². The second-order valence-corrected chi connectivity index (χ2v) is 5.59. The molecule has 0 unspecified atom stereocenters. The fourth-order valence-corrected chi connectivity index (χ4v) is 1.80. The van der Waals surface area contributed by atoms with Crippen molar-refractivity contribution in [3.8, 4) is 0 Å². The predicted octanol–water partition coefficient (Wildman–Crippen LogP) is 3.02. The SMILES string of the molecule is Cc1cc(N(C)CCOCC2CC2)ncc1Br. The largest absolute Gasteiger partial charge is 0.379 e. The van der Waals surface area contributed by atoms with Gasteiger partial charge in [0.25, 0.3) is 0 Å². The van der Waals surface area contributed by atoms with Crippen LogP contribution in [0.2, 0.25) is 0 Å². The van der Waals surface area contributed by atoms with Gasteiger partial charge in [0.2, 0.25) is 0 Å². The number of likely N-dealkylation sites (N-methyl/N-ethyl adjacent to an activating group) is 1. The highest BCUT2D eigenvalue weighted by Crippen LogP contribution is 2.28. The Bertz CT molecular complexity index is 380. The maximum atomic E-state index is 5.62. The van der Waals surface area contributed by atoms with Gasteiger partial charge in [-0.1, -0.05) is 0 Å². The van der Waals surface area contributed by atoms with Crippen LogP contribution in [0.3, 0.4) is 0 Å². The van der Waals surface area contributed by atoms with Crippen molar-refractivity contribution in [1.82, 2.24) is 4.98 Å². The van der Waals surface area contributed by atoms with Gasteiger partial charge in [-0.25, -0.2) is 4.98 Å². The van der Waals surface area contributed by atoms with Gasteiger partial charge < -0.3 is 9.64 Å². The third kappa shape index (κ3) is 3.96. The lowest BCUT2D eigenvalue weighted by Crippen LogP contribution is -2.23. The summed E-state index contributed by atoms with van der Waals surface area (Å²) in [4.78, 5) is 6.52. The predicted molar refractivity (Wildman–Crippen MR) is 73.5 cm³/mol. The summed E-state index contributed by atoms with van der Waals surface area (Å²) >= 11 is 3.46. The van der Waals surface area contributed by atoms with E-state index in [1.165, 1.54) is 18.4 Å². The molecule has 0 amide bonds. The normalized spacial score (nSPS) is 15.0. The van der Waals surface area contributed by atoms with Gasteiger partial charge in [0, 0.05) is 30.9 Å². The molecule has 4 heteroatoms. The van der Waals surface area contributed by atoms with Gasteiger partial charge in [-0.15, -0.1) is 0 Å². The van der Waals surface area contributed by atoms with Crippen LogP contribution in [0.15, 0.2) is 16.7 Å². The Morgan fingerprint density at radius 2 is 2.29 bits per heavy atom. The van der Waals surface area contributed by atoms with Crippen LogP contribution in [0.1, 0.15) is 18.4 Å². The Hall–Kier alpha value is -0.610. The monoisotopic (exact) mass is 298 g/mol. The number of hydrogen-bond acceptors (Lipinski definition) is 3. The summed E-state index contributed by atoms with van der Waals surface area (Å²) in [7, 11) is 2.05. The lowest BCUT2D eigenvalue weighted by Gasteiger charge is -2.18. The fourth-order valence-electron chi connectivity index (χ4n) is 1.58. The number of aryl methyl sites for hydroxylation is 1. The lowest BCUT2D eigenvalue weighted by molar-refractivity contribution is 0.131. The van der Waals surface area contributed by atoms with E-state index < -0.39 is 0 Å². The molecule has 1 heterocycles. The zero-order chi connectivity index (χ0) is 12.3. The zero-order valence-corrected chi connectivity index (χ0v) is 12.0. The summed E-state index contributed by atoms with van der Waals surface area (Å²) in [5, 5.41) is 0. The Labute approximate surface area is 111 Å². The van der Waals surface area contributed by atoms with Crippen molar-refractivity contribution >= 4 is 21.7 Å². The van der Waals surface area contributed by atoms with Crippen LogP contribution >= 0.6 is 15.9 Å².